The minimum absolute atomic E-state index is 0.152. The van der Waals surface area contributed by atoms with E-state index in [2.05, 4.69) is 17.2 Å². The zero-order valence-corrected chi connectivity index (χ0v) is 12.8. The molecule has 1 amide bonds. The van der Waals surface area contributed by atoms with Gasteiger partial charge in [-0.25, -0.2) is 4.98 Å². The van der Waals surface area contributed by atoms with Crippen molar-refractivity contribution >= 4 is 17.2 Å². The molecule has 1 aromatic rings. The van der Waals surface area contributed by atoms with E-state index in [4.69, 9.17) is 0 Å². The van der Waals surface area contributed by atoms with E-state index >= 15 is 0 Å². The zero-order valence-electron chi connectivity index (χ0n) is 12.0. The van der Waals surface area contributed by atoms with E-state index < -0.39 is 0 Å². The summed E-state index contributed by atoms with van der Waals surface area (Å²) in [4.78, 5) is 19.8. The van der Waals surface area contributed by atoms with Gasteiger partial charge >= 0.3 is 0 Å². The van der Waals surface area contributed by atoms with Crippen LogP contribution in [0.25, 0.3) is 0 Å². The molecule has 1 N–H and O–H groups in total. The van der Waals surface area contributed by atoms with Crippen molar-refractivity contribution in [1.82, 2.24) is 15.2 Å². The monoisotopic (exact) mass is 281 g/mol. The van der Waals surface area contributed by atoms with Crippen LogP contribution in [0.5, 0.6) is 0 Å². The van der Waals surface area contributed by atoms with E-state index in [9.17, 15) is 4.79 Å². The van der Waals surface area contributed by atoms with Crippen LogP contribution < -0.4 is 5.32 Å². The summed E-state index contributed by atoms with van der Waals surface area (Å²) in [6.07, 6.45) is 3.39. The van der Waals surface area contributed by atoms with Crippen molar-refractivity contribution in [2.24, 2.45) is 0 Å². The first-order valence-corrected chi connectivity index (χ1v) is 7.90. The molecule has 1 aromatic heterocycles. The molecule has 0 radical (unpaired) electrons. The number of nitrogens with zero attached hydrogens (tertiary/aromatic N) is 2. The molecule has 1 unspecified atom stereocenters. The standard InChI is InChI=1S/C14H23N3OS/c1-4-8-17(9-12-6-5-7-15-12)14(18)13-10(2)16-11(3)19-13/h12,15H,4-9H2,1-3H3. The van der Waals surface area contributed by atoms with Gasteiger partial charge in [0.2, 0.25) is 0 Å². The predicted octanol–water partition coefficient (Wildman–Crippen LogP) is 2.36. The predicted molar refractivity (Wildman–Crippen MR) is 78.8 cm³/mol. The molecule has 106 valence electrons. The molecule has 19 heavy (non-hydrogen) atoms. The van der Waals surface area contributed by atoms with Crippen LogP contribution in [0.4, 0.5) is 0 Å². The Balaban J connectivity index is 2.08. The SMILES string of the molecule is CCCN(CC1CCCN1)C(=O)c1sc(C)nc1C. The normalized spacial score (nSPS) is 18.8. The number of carbonyl (C=O) groups is 1. The molecule has 0 aromatic carbocycles. The molecule has 2 heterocycles. The summed E-state index contributed by atoms with van der Waals surface area (Å²) >= 11 is 1.51. The molecule has 1 aliphatic rings. The molecule has 1 aliphatic heterocycles. The average Bonchev–Trinajstić information content (AvgIpc) is 2.97. The van der Waals surface area contributed by atoms with E-state index in [0.717, 1.165) is 41.6 Å². The Hall–Kier alpha value is -0.940. The van der Waals surface area contributed by atoms with Gasteiger partial charge in [0.1, 0.15) is 4.88 Å². The molecular weight excluding hydrogens is 258 g/mol. The quantitative estimate of drug-likeness (QED) is 0.901. The van der Waals surface area contributed by atoms with Crippen molar-refractivity contribution < 1.29 is 4.79 Å². The maximum atomic E-state index is 12.6. The largest absolute Gasteiger partial charge is 0.336 e. The second-order valence-corrected chi connectivity index (χ2v) is 6.40. The van der Waals surface area contributed by atoms with Gasteiger partial charge in [0.25, 0.3) is 5.91 Å². The van der Waals surface area contributed by atoms with E-state index in [0.29, 0.717) is 6.04 Å². The van der Waals surface area contributed by atoms with Gasteiger partial charge in [-0.15, -0.1) is 11.3 Å². The number of rotatable bonds is 5. The fourth-order valence-electron chi connectivity index (χ4n) is 2.60. The summed E-state index contributed by atoms with van der Waals surface area (Å²) in [5.41, 5.74) is 0.869. The molecule has 5 heteroatoms. The number of carbonyl (C=O) groups excluding carboxylic acids is 1. The van der Waals surface area contributed by atoms with E-state index in [1.165, 1.54) is 24.2 Å². The lowest BCUT2D eigenvalue weighted by Gasteiger charge is -2.25. The molecule has 2 rings (SSSR count). The number of amides is 1. The van der Waals surface area contributed by atoms with Crippen LogP contribution in [-0.2, 0) is 0 Å². The van der Waals surface area contributed by atoms with Gasteiger partial charge in [0.05, 0.1) is 10.7 Å². The van der Waals surface area contributed by atoms with Gasteiger partial charge in [-0.05, 0) is 39.7 Å². The lowest BCUT2D eigenvalue weighted by Crippen LogP contribution is -2.41. The third-order valence-corrected chi connectivity index (χ3v) is 4.54. The van der Waals surface area contributed by atoms with Crippen molar-refractivity contribution in [3.05, 3.63) is 15.6 Å². The second-order valence-electron chi connectivity index (χ2n) is 5.19. The first kappa shape index (κ1) is 14.5. The minimum Gasteiger partial charge on any atom is -0.336 e. The van der Waals surface area contributed by atoms with Gasteiger partial charge in [-0.3, -0.25) is 4.79 Å². The van der Waals surface area contributed by atoms with Crippen molar-refractivity contribution in [3.8, 4) is 0 Å². The maximum absolute atomic E-state index is 12.6. The topological polar surface area (TPSA) is 45.2 Å². The minimum atomic E-state index is 0.152. The van der Waals surface area contributed by atoms with Gasteiger partial charge in [0.15, 0.2) is 0 Å². The summed E-state index contributed by atoms with van der Waals surface area (Å²) in [5, 5.41) is 4.43. The Morgan fingerprint density at radius 2 is 2.32 bits per heavy atom. The summed E-state index contributed by atoms with van der Waals surface area (Å²) in [6.45, 7) is 8.73. The van der Waals surface area contributed by atoms with Crippen LogP contribution in [0, 0.1) is 13.8 Å². The first-order valence-electron chi connectivity index (χ1n) is 7.08. The second kappa shape index (κ2) is 6.48. The number of aromatic nitrogens is 1. The number of thiazole rings is 1. The Morgan fingerprint density at radius 3 is 2.84 bits per heavy atom. The Kier molecular flexibility index (Phi) is 4.93. The molecule has 0 saturated carbocycles. The number of hydrogen-bond donors (Lipinski definition) is 1. The van der Waals surface area contributed by atoms with Crippen LogP contribution in [0.1, 0.15) is 46.6 Å². The third kappa shape index (κ3) is 3.54. The average molecular weight is 281 g/mol. The van der Waals surface area contributed by atoms with E-state index in [1.54, 1.807) is 0 Å². The van der Waals surface area contributed by atoms with E-state index in [1.807, 2.05) is 18.7 Å². The highest BCUT2D eigenvalue weighted by molar-refractivity contribution is 7.13. The smallest absolute Gasteiger partial charge is 0.265 e. The van der Waals surface area contributed by atoms with Crippen LogP contribution in [0.15, 0.2) is 0 Å². The Bertz CT molecular complexity index is 438. The van der Waals surface area contributed by atoms with Crippen molar-refractivity contribution in [1.29, 1.82) is 0 Å². The summed E-state index contributed by atoms with van der Waals surface area (Å²) in [7, 11) is 0. The van der Waals surface area contributed by atoms with Crippen molar-refractivity contribution in [2.45, 2.75) is 46.1 Å². The molecule has 1 saturated heterocycles. The van der Waals surface area contributed by atoms with Gasteiger partial charge in [-0.2, -0.15) is 0 Å². The lowest BCUT2D eigenvalue weighted by atomic mass is 10.2. The van der Waals surface area contributed by atoms with Gasteiger partial charge < -0.3 is 10.2 Å². The van der Waals surface area contributed by atoms with Crippen molar-refractivity contribution in [2.75, 3.05) is 19.6 Å². The first-order chi connectivity index (χ1) is 9.11. The van der Waals surface area contributed by atoms with E-state index in [-0.39, 0.29) is 5.91 Å². The van der Waals surface area contributed by atoms with Crippen LogP contribution in [0.2, 0.25) is 0 Å². The highest BCUT2D eigenvalue weighted by atomic mass is 32.1. The number of hydrogen-bond acceptors (Lipinski definition) is 4. The molecule has 4 nitrogen and oxygen atoms in total. The molecule has 0 bridgehead atoms. The highest BCUT2D eigenvalue weighted by Gasteiger charge is 2.24. The van der Waals surface area contributed by atoms with Gasteiger partial charge in [0, 0.05) is 19.1 Å². The zero-order chi connectivity index (χ0) is 13.8. The Morgan fingerprint density at radius 1 is 1.53 bits per heavy atom. The van der Waals surface area contributed by atoms with Crippen LogP contribution in [-0.4, -0.2) is 41.5 Å². The van der Waals surface area contributed by atoms with Crippen LogP contribution in [0.3, 0.4) is 0 Å². The summed E-state index contributed by atoms with van der Waals surface area (Å²) in [5.74, 6) is 0.152. The molecule has 0 aliphatic carbocycles. The number of nitrogens with one attached hydrogen (secondary N) is 1. The number of aryl methyl sites for hydroxylation is 2. The maximum Gasteiger partial charge on any atom is 0.265 e. The third-order valence-electron chi connectivity index (χ3n) is 3.48. The van der Waals surface area contributed by atoms with Crippen LogP contribution >= 0.6 is 11.3 Å². The summed E-state index contributed by atoms with van der Waals surface area (Å²) < 4.78 is 0. The highest BCUT2D eigenvalue weighted by Crippen LogP contribution is 2.20. The fraction of sp³-hybridized carbons (Fsp3) is 0.714. The fourth-order valence-corrected chi connectivity index (χ4v) is 3.49. The Labute approximate surface area is 119 Å². The molecule has 1 fully saturated rings. The van der Waals surface area contributed by atoms with Crippen molar-refractivity contribution in [3.63, 3.8) is 0 Å². The summed E-state index contributed by atoms with van der Waals surface area (Å²) in [6, 6.07) is 0.463. The molecular formula is C14H23N3OS. The molecule has 1 atom stereocenters. The van der Waals surface area contributed by atoms with Gasteiger partial charge in [-0.1, -0.05) is 6.92 Å². The molecule has 0 spiro atoms. The lowest BCUT2D eigenvalue weighted by molar-refractivity contribution is 0.0746.